The second kappa shape index (κ2) is 6.29. The van der Waals surface area contributed by atoms with Crippen LogP contribution in [0.2, 0.25) is 0 Å². The molecule has 0 aromatic heterocycles. The summed E-state index contributed by atoms with van der Waals surface area (Å²) < 4.78 is 38.9. The second-order valence-corrected chi connectivity index (χ2v) is 6.36. The third-order valence-corrected chi connectivity index (χ3v) is 4.97. The van der Waals surface area contributed by atoms with Crippen molar-refractivity contribution < 1.29 is 12.8 Å². The Labute approximate surface area is 109 Å². The Kier molecular flexibility index (Phi) is 5.28. The van der Waals surface area contributed by atoms with Gasteiger partial charge in [-0.2, -0.15) is 4.31 Å². The highest BCUT2D eigenvalue weighted by molar-refractivity contribution is 7.89. The summed E-state index contributed by atoms with van der Waals surface area (Å²) in [6.45, 7) is 6.77. The van der Waals surface area contributed by atoms with Crippen LogP contribution in [-0.4, -0.2) is 25.8 Å². The lowest BCUT2D eigenvalue weighted by atomic mass is 10.1. The van der Waals surface area contributed by atoms with Crippen molar-refractivity contribution in [3.05, 3.63) is 30.1 Å². The van der Waals surface area contributed by atoms with E-state index in [2.05, 4.69) is 0 Å². The molecular formula is C13H20FNO2S. The maximum absolute atomic E-state index is 12.8. The molecule has 0 aliphatic heterocycles. The van der Waals surface area contributed by atoms with Crippen LogP contribution in [0.5, 0.6) is 0 Å². The van der Waals surface area contributed by atoms with Gasteiger partial charge in [0.15, 0.2) is 0 Å². The molecule has 0 aliphatic rings. The van der Waals surface area contributed by atoms with E-state index in [1.54, 1.807) is 0 Å². The first-order valence-corrected chi connectivity index (χ1v) is 7.61. The summed E-state index contributed by atoms with van der Waals surface area (Å²) in [4.78, 5) is 0.147. The van der Waals surface area contributed by atoms with Crippen molar-refractivity contribution in [3.63, 3.8) is 0 Å². The monoisotopic (exact) mass is 273 g/mol. The Morgan fingerprint density at radius 1 is 1.22 bits per heavy atom. The maximum atomic E-state index is 12.8. The van der Waals surface area contributed by atoms with Gasteiger partial charge in [-0.25, -0.2) is 12.8 Å². The minimum atomic E-state index is -3.51. The Morgan fingerprint density at radius 2 is 1.78 bits per heavy atom. The third kappa shape index (κ3) is 3.53. The first-order chi connectivity index (χ1) is 8.41. The molecule has 0 spiro atoms. The molecule has 0 radical (unpaired) electrons. The van der Waals surface area contributed by atoms with Crippen molar-refractivity contribution >= 4 is 10.0 Å². The molecule has 1 aromatic carbocycles. The fraction of sp³-hybridized carbons (Fsp3) is 0.538. The summed E-state index contributed by atoms with van der Waals surface area (Å²) in [6.07, 6.45) is 0.926. The highest BCUT2D eigenvalue weighted by atomic mass is 32.2. The van der Waals surface area contributed by atoms with Crippen LogP contribution in [0, 0.1) is 11.7 Å². The maximum Gasteiger partial charge on any atom is 0.243 e. The Balaban J connectivity index is 2.99. The minimum absolute atomic E-state index is 0.147. The number of halogens is 1. The van der Waals surface area contributed by atoms with E-state index in [1.165, 1.54) is 28.6 Å². The van der Waals surface area contributed by atoms with Crippen LogP contribution >= 0.6 is 0 Å². The molecule has 3 nitrogen and oxygen atoms in total. The number of hydrogen-bond donors (Lipinski definition) is 0. The van der Waals surface area contributed by atoms with Gasteiger partial charge in [-0.05, 0) is 30.2 Å². The number of hydrogen-bond acceptors (Lipinski definition) is 2. The molecule has 0 amide bonds. The van der Waals surface area contributed by atoms with Gasteiger partial charge in [0, 0.05) is 13.1 Å². The molecule has 1 rings (SSSR count). The Bertz CT molecular complexity index is 470. The molecule has 0 heterocycles. The summed E-state index contributed by atoms with van der Waals surface area (Å²) in [7, 11) is -3.51. The quantitative estimate of drug-likeness (QED) is 0.799. The first-order valence-electron chi connectivity index (χ1n) is 6.17. The van der Waals surface area contributed by atoms with Crippen LogP contribution in [0.1, 0.15) is 27.2 Å². The smallest absolute Gasteiger partial charge is 0.207 e. The first kappa shape index (κ1) is 15.1. The van der Waals surface area contributed by atoms with E-state index in [4.69, 9.17) is 0 Å². The van der Waals surface area contributed by atoms with Crippen LogP contribution in [0.25, 0.3) is 0 Å². The van der Waals surface area contributed by atoms with Crippen LogP contribution in [0.15, 0.2) is 29.2 Å². The topological polar surface area (TPSA) is 37.4 Å². The van der Waals surface area contributed by atoms with Crippen LogP contribution in [0.4, 0.5) is 4.39 Å². The van der Waals surface area contributed by atoms with Crippen LogP contribution in [0.3, 0.4) is 0 Å². The second-order valence-electron chi connectivity index (χ2n) is 4.42. The van der Waals surface area contributed by atoms with E-state index in [1.807, 2.05) is 20.8 Å². The van der Waals surface area contributed by atoms with Crippen molar-refractivity contribution in [1.82, 2.24) is 4.31 Å². The largest absolute Gasteiger partial charge is 0.243 e. The molecule has 1 atom stereocenters. The molecule has 0 aliphatic carbocycles. The molecule has 0 saturated heterocycles. The van der Waals surface area contributed by atoms with Crippen LogP contribution < -0.4 is 0 Å². The van der Waals surface area contributed by atoms with Crippen molar-refractivity contribution in [2.45, 2.75) is 32.1 Å². The lowest BCUT2D eigenvalue weighted by Gasteiger charge is -2.23. The van der Waals surface area contributed by atoms with Gasteiger partial charge in [-0.15, -0.1) is 0 Å². The van der Waals surface area contributed by atoms with E-state index < -0.39 is 15.8 Å². The van der Waals surface area contributed by atoms with Gasteiger partial charge < -0.3 is 0 Å². The Hall–Kier alpha value is -0.940. The van der Waals surface area contributed by atoms with Crippen molar-refractivity contribution in [1.29, 1.82) is 0 Å². The summed E-state index contributed by atoms with van der Waals surface area (Å²) in [6, 6.07) is 4.96. The van der Waals surface area contributed by atoms with Crippen molar-refractivity contribution in [2.24, 2.45) is 5.92 Å². The van der Waals surface area contributed by atoms with E-state index in [0.29, 0.717) is 19.0 Å². The fourth-order valence-electron chi connectivity index (χ4n) is 1.63. The van der Waals surface area contributed by atoms with E-state index >= 15 is 0 Å². The average Bonchev–Trinajstić information content (AvgIpc) is 2.35. The molecule has 0 saturated carbocycles. The number of sulfonamides is 1. The van der Waals surface area contributed by atoms with Crippen molar-refractivity contribution in [2.75, 3.05) is 13.1 Å². The van der Waals surface area contributed by atoms with Gasteiger partial charge in [0.2, 0.25) is 10.0 Å². The minimum Gasteiger partial charge on any atom is -0.207 e. The zero-order valence-electron chi connectivity index (χ0n) is 11.1. The number of rotatable bonds is 6. The molecule has 102 valence electrons. The summed E-state index contributed by atoms with van der Waals surface area (Å²) in [5, 5.41) is 0. The van der Waals surface area contributed by atoms with Gasteiger partial charge >= 0.3 is 0 Å². The van der Waals surface area contributed by atoms with E-state index in [0.717, 1.165) is 6.42 Å². The Morgan fingerprint density at radius 3 is 2.22 bits per heavy atom. The summed E-state index contributed by atoms with van der Waals surface area (Å²) in [5.41, 5.74) is 0. The van der Waals surface area contributed by atoms with Crippen molar-refractivity contribution in [3.8, 4) is 0 Å². The molecular weight excluding hydrogens is 253 g/mol. The molecule has 0 fully saturated rings. The molecule has 18 heavy (non-hydrogen) atoms. The number of nitrogens with zero attached hydrogens (tertiary/aromatic N) is 1. The highest BCUT2D eigenvalue weighted by Crippen LogP contribution is 2.18. The van der Waals surface area contributed by atoms with Gasteiger partial charge in [0.05, 0.1) is 4.90 Å². The van der Waals surface area contributed by atoms with Gasteiger partial charge in [-0.1, -0.05) is 27.2 Å². The molecule has 0 bridgehead atoms. The summed E-state index contributed by atoms with van der Waals surface area (Å²) >= 11 is 0. The van der Waals surface area contributed by atoms with Gasteiger partial charge in [-0.3, -0.25) is 0 Å². The standard InChI is InChI=1S/C13H20FNO2S/c1-4-11(3)10-15(5-2)18(16,17)13-8-6-12(14)7-9-13/h6-9,11H,4-5,10H2,1-3H3. The van der Waals surface area contributed by atoms with Gasteiger partial charge in [0.25, 0.3) is 0 Å². The molecule has 0 N–H and O–H groups in total. The lowest BCUT2D eigenvalue weighted by Crippen LogP contribution is -2.34. The predicted molar refractivity (Wildman–Crippen MR) is 70.3 cm³/mol. The van der Waals surface area contributed by atoms with E-state index in [9.17, 15) is 12.8 Å². The van der Waals surface area contributed by atoms with E-state index in [-0.39, 0.29) is 4.90 Å². The third-order valence-electron chi connectivity index (χ3n) is 3.02. The SMILES string of the molecule is CCC(C)CN(CC)S(=O)(=O)c1ccc(F)cc1. The lowest BCUT2D eigenvalue weighted by molar-refractivity contribution is 0.361. The normalized spacial score (nSPS) is 13.8. The molecule has 5 heteroatoms. The summed E-state index contributed by atoms with van der Waals surface area (Å²) in [5.74, 6) is -0.126. The van der Waals surface area contributed by atoms with Crippen LogP contribution in [-0.2, 0) is 10.0 Å². The highest BCUT2D eigenvalue weighted by Gasteiger charge is 2.24. The van der Waals surface area contributed by atoms with Gasteiger partial charge in [0.1, 0.15) is 5.82 Å². The predicted octanol–water partition coefficient (Wildman–Crippen LogP) is 2.88. The zero-order valence-corrected chi connectivity index (χ0v) is 11.9. The zero-order chi connectivity index (χ0) is 13.8. The molecule has 1 unspecified atom stereocenters. The average molecular weight is 273 g/mol. The number of benzene rings is 1. The fourth-order valence-corrected chi connectivity index (χ4v) is 3.20. The molecule has 1 aromatic rings.